The highest BCUT2D eigenvalue weighted by atomic mass is 32.2. The van der Waals surface area contributed by atoms with Crippen molar-refractivity contribution in [1.82, 2.24) is 14.3 Å². The standard InChI is InChI=1S/C31H47N5O5SSi/c1-29(2,3)40-28(37)35-31(7)17-15-21(19-25(31)41-43(8,9)30(4,5)6)34-26-23-16-18-36(27(23)33-20-24(26)32)42(38,39)22-13-11-10-12-14-22/h10-14,16,18,20-21,25H,15,17,19,32H2,1-9H3,(H,33,34)(H,35,37)/t21-,25+,31+/m0/s1. The largest absolute Gasteiger partial charge is 0.444 e. The van der Waals surface area contributed by atoms with Crippen LogP contribution in [0.1, 0.15) is 67.7 Å². The van der Waals surface area contributed by atoms with Gasteiger partial charge in [-0.05, 0) is 83.3 Å². The van der Waals surface area contributed by atoms with Gasteiger partial charge in [-0.2, -0.15) is 0 Å². The molecule has 1 aliphatic rings. The Morgan fingerprint density at radius 3 is 2.37 bits per heavy atom. The number of benzene rings is 1. The molecular formula is C31H47N5O5SSi. The molecule has 0 bridgehead atoms. The molecule has 4 rings (SSSR count). The van der Waals surface area contributed by atoms with E-state index in [-0.39, 0.29) is 22.1 Å². The van der Waals surface area contributed by atoms with Crippen LogP contribution in [0.4, 0.5) is 16.2 Å². The third-order valence-electron chi connectivity index (χ3n) is 8.61. The number of ether oxygens (including phenoxy) is 1. The zero-order valence-electron chi connectivity index (χ0n) is 26.8. The number of nitrogens with zero attached hydrogens (tertiary/aromatic N) is 2. The van der Waals surface area contributed by atoms with Gasteiger partial charge < -0.3 is 25.5 Å². The van der Waals surface area contributed by atoms with Gasteiger partial charge in [0, 0.05) is 17.6 Å². The average Bonchev–Trinajstić information content (AvgIpc) is 3.31. The molecule has 10 nitrogen and oxygen atoms in total. The highest BCUT2D eigenvalue weighted by molar-refractivity contribution is 7.90. The SMILES string of the molecule is CC(C)(C)OC(=O)N[C@]1(C)CC[C@H](Nc2c(N)cnc3c2ccn3S(=O)(=O)c2ccccc2)C[C@H]1O[Si](C)(C)C(C)(C)C. The van der Waals surface area contributed by atoms with E-state index in [4.69, 9.17) is 14.9 Å². The van der Waals surface area contributed by atoms with Crippen LogP contribution in [0.15, 0.2) is 53.7 Å². The number of pyridine rings is 1. The van der Waals surface area contributed by atoms with Crippen molar-refractivity contribution in [2.75, 3.05) is 11.1 Å². The average molecular weight is 630 g/mol. The second-order valence-electron chi connectivity index (χ2n) is 14.3. The van der Waals surface area contributed by atoms with Crippen molar-refractivity contribution in [2.45, 2.75) is 114 Å². The Morgan fingerprint density at radius 2 is 1.77 bits per heavy atom. The third-order valence-corrected chi connectivity index (χ3v) is 14.8. The van der Waals surface area contributed by atoms with E-state index < -0.39 is 35.6 Å². The molecule has 236 valence electrons. The lowest BCUT2D eigenvalue weighted by atomic mass is 9.78. The van der Waals surface area contributed by atoms with Gasteiger partial charge in [0.15, 0.2) is 14.0 Å². The van der Waals surface area contributed by atoms with Crippen LogP contribution in [-0.2, 0) is 19.2 Å². The fourth-order valence-corrected chi connectivity index (χ4v) is 7.88. The molecule has 1 saturated carbocycles. The molecule has 1 amide bonds. The molecular weight excluding hydrogens is 583 g/mol. The number of aromatic nitrogens is 2. The Morgan fingerprint density at radius 1 is 1.12 bits per heavy atom. The van der Waals surface area contributed by atoms with Crippen LogP contribution in [0, 0.1) is 0 Å². The Bertz CT molecular complexity index is 1580. The van der Waals surface area contributed by atoms with E-state index in [1.165, 1.54) is 16.4 Å². The number of alkyl carbamates (subject to hydrolysis) is 1. The minimum Gasteiger partial charge on any atom is -0.444 e. The highest BCUT2D eigenvalue weighted by Crippen LogP contribution is 2.42. The number of nitrogen functional groups attached to an aromatic ring is 1. The van der Waals surface area contributed by atoms with Gasteiger partial charge in [0.05, 0.1) is 34.1 Å². The number of hydrogen-bond acceptors (Lipinski definition) is 8. The molecule has 43 heavy (non-hydrogen) atoms. The minimum atomic E-state index is -3.85. The number of anilines is 2. The lowest BCUT2D eigenvalue weighted by molar-refractivity contribution is 0.0125. The molecule has 0 aliphatic heterocycles. The molecule has 2 aromatic heterocycles. The molecule has 3 atom stereocenters. The molecule has 4 N–H and O–H groups in total. The number of nitrogens with one attached hydrogen (secondary N) is 2. The van der Waals surface area contributed by atoms with Gasteiger partial charge in [-0.3, -0.25) is 0 Å². The van der Waals surface area contributed by atoms with Crippen LogP contribution in [0.25, 0.3) is 11.0 Å². The maximum absolute atomic E-state index is 13.4. The maximum Gasteiger partial charge on any atom is 0.408 e. The van der Waals surface area contributed by atoms with Gasteiger partial charge in [0.1, 0.15) is 5.60 Å². The van der Waals surface area contributed by atoms with Crippen LogP contribution in [0.2, 0.25) is 18.1 Å². The zero-order valence-corrected chi connectivity index (χ0v) is 28.6. The minimum absolute atomic E-state index is 0.0327. The molecule has 0 radical (unpaired) electrons. The summed E-state index contributed by atoms with van der Waals surface area (Å²) in [4.78, 5) is 17.5. The summed E-state index contributed by atoms with van der Waals surface area (Å²) < 4.78 is 40.6. The third kappa shape index (κ3) is 7.02. The molecule has 1 fully saturated rings. The first-order chi connectivity index (χ1) is 19.7. The number of hydrogen-bond donors (Lipinski definition) is 3. The number of nitrogens with two attached hydrogens (primary N) is 1. The Balaban J connectivity index is 1.65. The summed E-state index contributed by atoms with van der Waals surface area (Å²) in [5.41, 5.74) is 6.50. The first-order valence-electron chi connectivity index (χ1n) is 14.8. The first kappa shape index (κ1) is 32.8. The zero-order chi connectivity index (χ0) is 32.0. The number of rotatable bonds is 7. The lowest BCUT2D eigenvalue weighted by Crippen LogP contribution is -2.63. The van der Waals surface area contributed by atoms with Gasteiger partial charge >= 0.3 is 6.09 Å². The van der Waals surface area contributed by atoms with E-state index in [9.17, 15) is 13.2 Å². The predicted molar refractivity (Wildman–Crippen MR) is 174 cm³/mol. The molecule has 0 unspecified atom stereocenters. The summed E-state index contributed by atoms with van der Waals surface area (Å²) in [5, 5.41) is 7.32. The molecule has 12 heteroatoms. The molecule has 3 aromatic rings. The number of fused-ring (bicyclic) bond motifs is 1. The van der Waals surface area contributed by atoms with E-state index in [1.54, 1.807) is 36.4 Å². The summed E-state index contributed by atoms with van der Waals surface area (Å²) in [6, 6.07) is 9.94. The second kappa shape index (κ2) is 11.4. The van der Waals surface area contributed by atoms with Gasteiger partial charge in [-0.25, -0.2) is 22.2 Å². The maximum atomic E-state index is 13.4. The molecule has 1 aliphatic carbocycles. The Labute approximate surface area is 256 Å². The van der Waals surface area contributed by atoms with Crippen LogP contribution < -0.4 is 16.4 Å². The fourth-order valence-electron chi connectivity index (χ4n) is 5.14. The van der Waals surface area contributed by atoms with Crippen molar-refractivity contribution < 1.29 is 22.4 Å². The molecule has 2 heterocycles. The van der Waals surface area contributed by atoms with Crippen LogP contribution >= 0.6 is 0 Å². The summed E-state index contributed by atoms with van der Waals surface area (Å²) in [6.45, 7) is 18.6. The number of carbonyl (C=O) groups is 1. The monoisotopic (exact) mass is 629 g/mol. The normalized spacial score (nSPS) is 21.9. The van der Waals surface area contributed by atoms with Crippen LogP contribution in [0.5, 0.6) is 0 Å². The van der Waals surface area contributed by atoms with Gasteiger partial charge in [0.2, 0.25) is 0 Å². The van der Waals surface area contributed by atoms with Gasteiger partial charge in [-0.1, -0.05) is 39.0 Å². The lowest BCUT2D eigenvalue weighted by Gasteiger charge is -2.49. The van der Waals surface area contributed by atoms with Crippen molar-refractivity contribution in [2.24, 2.45) is 0 Å². The van der Waals surface area contributed by atoms with Crippen molar-refractivity contribution in [3.63, 3.8) is 0 Å². The van der Waals surface area contributed by atoms with Crippen molar-refractivity contribution in [1.29, 1.82) is 0 Å². The summed E-state index contributed by atoms with van der Waals surface area (Å²) in [6.07, 6.45) is 4.20. The quantitative estimate of drug-likeness (QED) is 0.252. The fraction of sp³-hybridized carbons (Fsp3) is 0.548. The Kier molecular flexibility index (Phi) is 8.73. The molecule has 0 spiro atoms. The summed E-state index contributed by atoms with van der Waals surface area (Å²) in [7, 11) is -6.08. The number of carbonyl (C=O) groups excluding carboxylic acids is 1. The van der Waals surface area contributed by atoms with Gasteiger partial charge in [-0.15, -0.1) is 0 Å². The predicted octanol–water partition coefficient (Wildman–Crippen LogP) is 6.49. The van der Waals surface area contributed by atoms with E-state index in [1.807, 2.05) is 27.7 Å². The van der Waals surface area contributed by atoms with E-state index in [2.05, 4.69) is 49.5 Å². The second-order valence-corrected chi connectivity index (χ2v) is 20.9. The first-order valence-corrected chi connectivity index (χ1v) is 19.1. The van der Waals surface area contributed by atoms with Gasteiger partial charge in [0.25, 0.3) is 10.0 Å². The number of amides is 1. The van der Waals surface area contributed by atoms with E-state index in [0.29, 0.717) is 35.2 Å². The van der Waals surface area contributed by atoms with Crippen molar-refractivity contribution >= 4 is 46.8 Å². The van der Waals surface area contributed by atoms with Crippen molar-refractivity contribution in [3.05, 3.63) is 48.8 Å². The molecule has 0 saturated heterocycles. The smallest absolute Gasteiger partial charge is 0.408 e. The Hall–Kier alpha value is -3.09. The van der Waals surface area contributed by atoms with E-state index >= 15 is 0 Å². The summed E-state index contributed by atoms with van der Waals surface area (Å²) in [5.74, 6) is 0. The van der Waals surface area contributed by atoms with Crippen LogP contribution in [-0.4, -0.2) is 55.1 Å². The highest BCUT2D eigenvalue weighted by Gasteiger charge is 2.48. The summed E-state index contributed by atoms with van der Waals surface area (Å²) >= 11 is 0. The van der Waals surface area contributed by atoms with Crippen molar-refractivity contribution in [3.8, 4) is 0 Å². The topological polar surface area (TPSA) is 138 Å². The van der Waals surface area contributed by atoms with Crippen LogP contribution in [0.3, 0.4) is 0 Å². The van der Waals surface area contributed by atoms with E-state index in [0.717, 1.165) is 6.42 Å². The molecule has 1 aromatic carbocycles.